The van der Waals surface area contributed by atoms with Crippen molar-refractivity contribution >= 4 is 12.2 Å². The van der Waals surface area contributed by atoms with Crippen molar-refractivity contribution in [1.82, 2.24) is 15.2 Å². The largest absolute Gasteiger partial charge is 0.462 e. The lowest BCUT2D eigenvalue weighted by atomic mass is 10.1. The summed E-state index contributed by atoms with van der Waals surface area (Å²) < 4.78 is 43.2. The van der Waals surface area contributed by atoms with E-state index in [-0.39, 0.29) is 5.69 Å². The van der Waals surface area contributed by atoms with Gasteiger partial charge in [-0.25, -0.2) is 0 Å². The van der Waals surface area contributed by atoms with Crippen molar-refractivity contribution in [2.45, 2.75) is 13.1 Å². The molecule has 0 amide bonds. The van der Waals surface area contributed by atoms with E-state index in [4.69, 9.17) is 4.42 Å². The van der Waals surface area contributed by atoms with Gasteiger partial charge in [-0.1, -0.05) is 6.08 Å². The van der Waals surface area contributed by atoms with Crippen molar-refractivity contribution in [2.75, 3.05) is 0 Å². The Morgan fingerprint density at radius 3 is 2.57 bits per heavy atom. The first-order valence-corrected chi connectivity index (χ1v) is 6.75. The van der Waals surface area contributed by atoms with Gasteiger partial charge in [-0.05, 0) is 48.9 Å². The molecule has 0 aromatic carbocycles. The summed E-state index contributed by atoms with van der Waals surface area (Å²) in [7, 11) is 0. The minimum atomic E-state index is -4.46. The molecule has 3 aromatic rings. The van der Waals surface area contributed by atoms with E-state index in [0.29, 0.717) is 11.5 Å². The topological polar surface area (TPSA) is 54.7 Å². The van der Waals surface area contributed by atoms with Gasteiger partial charge in [0.15, 0.2) is 0 Å². The van der Waals surface area contributed by atoms with Crippen LogP contribution in [0.1, 0.15) is 22.8 Å². The van der Waals surface area contributed by atoms with Gasteiger partial charge in [0.05, 0.1) is 5.69 Å². The van der Waals surface area contributed by atoms with Gasteiger partial charge in [-0.3, -0.25) is 10.1 Å². The average Bonchev–Trinajstić information content (AvgIpc) is 3.14. The average molecular weight is 319 g/mol. The number of nitrogens with zero attached hydrogens (tertiary/aromatic N) is 2. The third kappa shape index (κ3) is 3.50. The Hall–Kier alpha value is -2.83. The second-order valence-electron chi connectivity index (χ2n) is 4.92. The number of H-pyrrole nitrogens is 1. The molecule has 3 rings (SSSR count). The van der Waals surface area contributed by atoms with Crippen LogP contribution in [0.4, 0.5) is 13.2 Å². The summed E-state index contributed by atoms with van der Waals surface area (Å²) >= 11 is 0. The van der Waals surface area contributed by atoms with Gasteiger partial charge in [-0.15, -0.1) is 0 Å². The second-order valence-corrected chi connectivity index (χ2v) is 4.92. The van der Waals surface area contributed by atoms with E-state index in [9.17, 15) is 13.2 Å². The molecule has 1 N–H and O–H groups in total. The molecule has 0 radical (unpaired) electrons. The van der Waals surface area contributed by atoms with E-state index in [1.165, 1.54) is 6.20 Å². The monoisotopic (exact) mass is 319 g/mol. The molecule has 4 nitrogen and oxygen atoms in total. The normalized spacial score (nSPS) is 12.2. The zero-order valence-electron chi connectivity index (χ0n) is 12.1. The summed E-state index contributed by atoms with van der Waals surface area (Å²) in [5, 5.41) is 5.64. The fraction of sp³-hybridized carbons (Fsp3) is 0.125. The highest BCUT2D eigenvalue weighted by molar-refractivity contribution is 5.70. The maximum Gasteiger partial charge on any atom is 0.432 e. The van der Waals surface area contributed by atoms with Crippen LogP contribution in [0.15, 0.2) is 40.9 Å². The molecule has 23 heavy (non-hydrogen) atoms. The fourth-order valence-electron chi connectivity index (χ4n) is 2.01. The van der Waals surface area contributed by atoms with Gasteiger partial charge in [0, 0.05) is 6.20 Å². The van der Waals surface area contributed by atoms with Crippen LogP contribution in [0.5, 0.6) is 0 Å². The minimum absolute atomic E-state index is 0.140. The summed E-state index contributed by atoms with van der Waals surface area (Å²) in [5.74, 6) is 1.50. The van der Waals surface area contributed by atoms with E-state index in [1.54, 1.807) is 24.3 Å². The molecule has 0 saturated carbocycles. The quantitative estimate of drug-likeness (QED) is 0.770. The molecule has 0 saturated heterocycles. The standard InChI is InChI=1S/C16H12F3N3O/c1-10-2-4-12(23-10)5-3-11-6-7-20-13(8-11)14-9-15(22-21-14)16(17,18)19/h2-9H,1H3,(H,21,22)/b5-3+. The molecular weight excluding hydrogens is 307 g/mol. The number of furan rings is 1. The molecule has 0 bridgehead atoms. The van der Waals surface area contributed by atoms with Crippen LogP contribution in [0.25, 0.3) is 23.5 Å². The first kappa shape index (κ1) is 15.1. The number of pyridine rings is 1. The molecule has 3 aromatic heterocycles. The Kier molecular flexibility index (Phi) is 3.77. The van der Waals surface area contributed by atoms with E-state index >= 15 is 0 Å². The van der Waals surface area contributed by atoms with E-state index < -0.39 is 11.9 Å². The third-order valence-electron chi connectivity index (χ3n) is 3.13. The van der Waals surface area contributed by atoms with Gasteiger partial charge in [0.1, 0.15) is 22.9 Å². The zero-order chi connectivity index (χ0) is 16.4. The Balaban J connectivity index is 1.85. The SMILES string of the molecule is Cc1ccc(/C=C/c2ccnc(-c3cc(C(F)(F)F)[nH]n3)c2)o1. The van der Waals surface area contributed by atoms with Crippen LogP contribution >= 0.6 is 0 Å². The maximum absolute atomic E-state index is 12.6. The highest BCUT2D eigenvalue weighted by Gasteiger charge is 2.33. The molecule has 3 heterocycles. The van der Waals surface area contributed by atoms with Crippen molar-refractivity contribution in [3.8, 4) is 11.4 Å². The lowest BCUT2D eigenvalue weighted by Crippen LogP contribution is -2.04. The molecular formula is C16H12F3N3O. The predicted molar refractivity (Wildman–Crippen MR) is 79.2 cm³/mol. The van der Waals surface area contributed by atoms with Gasteiger partial charge in [0.25, 0.3) is 0 Å². The summed E-state index contributed by atoms with van der Waals surface area (Å²) in [6.07, 6.45) is 0.628. The van der Waals surface area contributed by atoms with Crippen molar-refractivity contribution < 1.29 is 17.6 Å². The number of rotatable bonds is 3. The first-order valence-electron chi connectivity index (χ1n) is 6.75. The van der Waals surface area contributed by atoms with Gasteiger partial charge in [-0.2, -0.15) is 18.3 Å². The van der Waals surface area contributed by atoms with Crippen molar-refractivity contribution in [1.29, 1.82) is 0 Å². The molecule has 0 aliphatic carbocycles. The third-order valence-corrected chi connectivity index (χ3v) is 3.13. The molecule has 0 atom stereocenters. The van der Waals surface area contributed by atoms with Crippen LogP contribution in [-0.2, 0) is 6.18 Å². The summed E-state index contributed by atoms with van der Waals surface area (Å²) in [4.78, 5) is 4.06. The van der Waals surface area contributed by atoms with Crippen LogP contribution in [0.3, 0.4) is 0 Å². The Labute approximate surface area is 129 Å². The van der Waals surface area contributed by atoms with Gasteiger partial charge in [0.2, 0.25) is 0 Å². The van der Waals surface area contributed by atoms with E-state index in [1.807, 2.05) is 24.2 Å². The lowest BCUT2D eigenvalue weighted by Gasteiger charge is -2.00. The van der Waals surface area contributed by atoms with Crippen LogP contribution in [0, 0.1) is 6.92 Å². The highest BCUT2D eigenvalue weighted by Crippen LogP contribution is 2.30. The van der Waals surface area contributed by atoms with Crippen LogP contribution in [-0.4, -0.2) is 15.2 Å². The molecule has 0 unspecified atom stereocenters. The van der Waals surface area contributed by atoms with Crippen LogP contribution in [0.2, 0.25) is 0 Å². The van der Waals surface area contributed by atoms with Crippen molar-refractivity contribution in [3.05, 3.63) is 59.3 Å². The molecule has 0 spiro atoms. The second kappa shape index (κ2) is 5.75. The number of hydrogen-bond donors (Lipinski definition) is 1. The molecule has 118 valence electrons. The first-order chi connectivity index (χ1) is 10.9. The number of aromatic amines is 1. The highest BCUT2D eigenvalue weighted by atomic mass is 19.4. The smallest absolute Gasteiger partial charge is 0.432 e. The van der Waals surface area contributed by atoms with Crippen molar-refractivity contribution in [3.63, 3.8) is 0 Å². The lowest BCUT2D eigenvalue weighted by molar-refractivity contribution is -0.141. The number of hydrogen-bond acceptors (Lipinski definition) is 3. The molecule has 7 heteroatoms. The molecule has 0 aliphatic rings. The maximum atomic E-state index is 12.6. The number of aryl methyl sites for hydroxylation is 1. The van der Waals surface area contributed by atoms with E-state index in [2.05, 4.69) is 10.1 Å². The number of aromatic nitrogens is 3. The zero-order valence-corrected chi connectivity index (χ0v) is 12.1. The number of nitrogens with one attached hydrogen (secondary N) is 1. The Bertz CT molecular complexity index is 846. The molecule has 0 fully saturated rings. The fourth-order valence-corrected chi connectivity index (χ4v) is 2.01. The minimum Gasteiger partial charge on any atom is -0.462 e. The van der Waals surface area contributed by atoms with Gasteiger partial charge >= 0.3 is 6.18 Å². The van der Waals surface area contributed by atoms with Gasteiger partial charge < -0.3 is 4.42 Å². The Morgan fingerprint density at radius 2 is 1.91 bits per heavy atom. The summed E-state index contributed by atoms with van der Waals surface area (Å²) in [5.41, 5.74) is 0.373. The summed E-state index contributed by atoms with van der Waals surface area (Å²) in [6.45, 7) is 1.84. The van der Waals surface area contributed by atoms with Crippen LogP contribution < -0.4 is 0 Å². The summed E-state index contributed by atoms with van der Waals surface area (Å²) in [6, 6.07) is 8.01. The predicted octanol–water partition coefficient (Wildman–Crippen LogP) is 4.56. The van der Waals surface area contributed by atoms with Crippen molar-refractivity contribution in [2.24, 2.45) is 0 Å². The molecule has 0 aliphatic heterocycles. The number of alkyl halides is 3. The Morgan fingerprint density at radius 1 is 1.09 bits per heavy atom. The van der Waals surface area contributed by atoms with E-state index in [0.717, 1.165) is 17.4 Å². The number of halogens is 3.